The number of nitrogens with zero attached hydrogens (tertiary/aromatic N) is 1. The van der Waals surface area contributed by atoms with Gasteiger partial charge in [-0.2, -0.15) is 0 Å². The van der Waals surface area contributed by atoms with E-state index in [0.717, 1.165) is 30.6 Å². The van der Waals surface area contributed by atoms with Crippen LogP contribution in [-0.2, 0) is 19.6 Å². The molecule has 0 aliphatic heterocycles. The first-order valence-corrected chi connectivity index (χ1v) is 13.2. The summed E-state index contributed by atoms with van der Waals surface area (Å²) in [4.78, 5) is 12.2. The van der Waals surface area contributed by atoms with E-state index in [2.05, 4.69) is 0 Å². The van der Waals surface area contributed by atoms with E-state index in [1.807, 2.05) is 0 Å². The number of hydrogen-bond acceptors (Lipinski definition) is 6. The van der Waals surface area contributed by atoms with Crippen molar-refractivity contribution in [3.8, 4) is 0 Å². The zero-order chi connectivity index (χ0) is 22.4. The third-order valence-electron chi connectivity index (χ3n) is 4.51. The number of thioether (sulfide) groups is 1. The number of carbonyl (C=O) groups is 1. The number of ether oxygens (including phenoxy) is 1. The average molecular weight is 464 g/mol. The minimum Gasteiger partial charge on any atom is -0.466 e. The number of hydrogen-bond donors (Lipinski definition) is 1. The molecule has 30 heavy (non-hydrogen) atoms. The first-order chi connectivity index (χ1) is 14.2. The fourth-order valence-corrected chi connectivity index (χ4v) is 4.70. The first kappa shape index (κ1) is 26.9. The Morgan fingerprint density at radius 2 is 1.77 bits per heavy atom. The molecule has 1 aromatic rings. The Balaban J connectivity index is 2.24. The van der Waals surface area contributed by atoms with Crippen LogP contribution in [-0.4, -0.2) is 61.6 Å². The predicted octanol–water partition coefficient (Wildman–Crippen LogP) is 3.83. The van der Waals surface area contributed by atoms with Crippen LogP contribution in [0.25, 0.3) is 0 Å². The van der Waals surface area contributed by atoms with Gasteiger partial charge in [-0.1, -0.05) is 12.8 Å². The van der Waals surface area contributed by atoms with Gasteiger partial charge in [0, 0.05) is 30.2 Å². The number of sulfonamides is 1. The van der Waals surface area contributed by atoms with Crippen molar-refractivity contribution in [1.29, 1.82) is 0 Å². The molecule has 0 aliphatic rings. The fraction of sp³-hybridized carbons (Fsp3) is 0.667. The molecule has 1 rings (SSSR count). The maximum Gasteiger partial charge on any atom is 0.305 e. The van der Waals surface area contributed by atoms with Gasteiger partial charge in [-0.05, 0) is 56.9 Å². The number of carbonyl (C=O) groups excluding carboxylic acids is 1. The number of aliphatic hydroxyl groups is 1. The number of esters is 1. The second-order valence-electron chi connectivity index (χ2n) is 7.19. The highest BCUT2D eigenvalue weighted by atomic mass is 32.2. The lowest BCUT2D eigenvalue weighted by Gasteiger charge is -2.20. The van der Waals surface area contributed by atoms with E-state index < -0.39 is 16.1 Å². The van der Waals surface area contributed by atoms with E-state index in [9.17, 15) is 22.7 Å². The Kier molecular flexibility index (Phi) is 13.2. The van der Waals surface area contributed by atoms with Crippen LogP contribution >= 0.6 is 11.8 Å². The lowest BCUT2D eigenvalue weighted by Crippen LogP contribution is -2.32. The number of aliphatic hydroxyl groups excluding tert-OH is 1. The molecule has 1 atom stereocenters. The van der Waals surface area contributed by atoms with Crippen molar-refractivity contribution in [3.63, 3.8) is 0 Å². The normalized spacial score (nSPS) is 12.8. The van der Waals surface area contributed by atoms with Crippen molar-refractivity contribution in [1.82, 2.24) is 4.31 Å². The third kappa shape index (κ3) is 12.5. The molecule has 172 valence electrons. The average Bonchev–Trinajstić information content (AvgIpc) is 2.68. The zero-order valence-corrected chi connectivity index (χ0v) is 19.5. The van der Waals surface area contributed by atoms with Crippen LogP contribution < -0.4 is 0 Å². The molecule has 0 amide bonds. The fourth-order valence-electron chi connectivity index (χ4n) is 2.90. The van der Waals surface area contributed by atoms with E-state index in [1.54, 1.807) is 19.1 Å². The Labute approximate surface area is 184 Å². The van der Waals surface area contributed by atoms with Crippen LogP contribution in [0.5, 0.6) is 0 Å². The molecule has 0 aliphatic carbocycles. The number of unbranched alkanes of at least 4 members (excludes halogenated alkanes) is 3. The smallest absolute Gasteiger partial charge is 0.305 e. The predicted molar refractivity (Wildman–Crippen MR) is 118 cm³/mol. The highest BCUT2D eigenvalue weighted by molar-refractivity contribution is 7.99. The Morgan fingerprint density at radius 1 is 1.13 bits per heavy atom. The topological polar surface area (TPSA) is 83.9 Å². The summed E-state index contributed by atoms with van der Waals surface area (Å²) in [5.41, 5.74) is 0. The summed E-state index contributed by atoms with van der Waals surface area (Å²) in [5.74, 6) is -0.00324. The molecule has 9 heteroatoms. The van der Waals surface area contributed by atoms with Crippen molar-refractivity contribution in [3.05, 3.63) is 30.1 Å². The van der Waals surface area contributed by atoms with Gasteiger partial charge in [0.25, 0.3) is 0 Å². The van der Waals surface area contributed by atoms with Gasteiger partial charge in [0.2, 0.25) is 10.0 Å². The molecule has 0 aromatic heterocycles. The third-order valence-corrected chi connectivity index (χ3v) is 6.97. The van der Waals surface area contributed by atoms with Crippen molar-refractivity contribution in [2.45, 2.75) is 62.9 Å². The minimum absolute atomic E-state index is 0.189. The lowest BCUT2D eigenvalue weighted by molar-refractivity contribution is -0.143. The number of halogens is 1. The van der Waals surface area contributed by atoms with E-state index >= 15 is 0 Å². The molecule has 6 nitrogen and oxygen atoms in total. The maximum absolute atomic E-state index is 12.9. The van der Waals surface area contributed by atoms with Crippen molar-refractivity contribution in [2.75, 3.05) is 31.7 Å². The van der Waals surface area contributed by atoms with Gasteiger partial charge in [0.1, 0.15) is 5.82 Å². The van der Waals surface area contributed by atoms with Gasteiger partial charge < -0.3 is 9.84 Å². The van der Waals surface area contributed by atoms with Gasteiger partial charge in [0.15, 0.2) is 0 Å². The molecule has 0 radical (unpaired) electrons. The van der Waals surface area contributed by atoms with Crippen molar-refractivity contribution in [2.24, 2.45) is 0 Å². The molecular weight excluding hydrogens is 429 g/mol. The van der Waals surface area contributed by atoms with Crippen molar-refractivity contribution >= 4 is 27.8 Å². The molecule has 0 saturated heterocycles. The van der Waals surface area contributed by atoms with Gasteiger partial charge in [-0.15, -0.1) is 11.8 Å². The van der Waals surface area contributed by atoms with Gasteiger partial charge in [-0.25, -0.2) is 17.1 Å². The standard InChI is InChI=1S/C21H34FNO5S2/c1-3-28-21(25)10-6-4-5-7-15-23(30(2,26)27)16-8-9-19(24)17-29-20-13-11-18(22)12-14-20/h11-14,19,24H,3-10,15-17H2,1-2H3. The molecular formula is C21H34FNO5S2. The summed E-state index contributed by atoms with van der Waals surface area (Å²) < 4.78 is 43.2. The van der Waals surface area contributed by atoms with Crippen LogP contribution in [0.2, 0.25) is 0 Å². The summed E-state index contributed by atoms with van der Waals surface area (Å²) in [7, 11) is -3.30. The highest BCUT2D eigenvalue weighted by Crippen LogP contribution is 2.20. The molecule has 1 unspecified atom stereocenters. The second kappa shape index (κ2) is 14.8. The molecule has 0 spiro atoms. The first-order valence-electron chi connectivity index (χ1n) is 10.4. The summed E-state index contributed by atoms with van der Waals surface area (Å²) in [6.07, 6.45) is 5.31. The van der Waals surface area contributed by atoms with Crippen LogP contribution in [0, 0.1) is 5.82 Å². The molecule has 0 bridgehead atoms. The monoisotopic (exact) mass is 463 g/mol. The zero-order valence-electron chi connectivity index (χ0n) is 17.9. The lowest BCUT2D eigenvalue weighted by atomic mass is 10.1. The van der Waals surface area contributed by atoms with Gasteiger partial charge in [-0.3, -0.25) is 4.79 Å². The minimum atomic E-state index is -3.30. The van der Waals surface area contributed by atoms with Crippen molar-refractivity contribution < 1.29 is 27.4 Å². The summed E-state index contributed by atoms with van der Waals surface area (Å²) in [5, 5.41) is 10.1. The largest absolute Gasteiger partial charge is 0.466 e. The van der Waals surface area contributed by atoms with E-state index in [-0.39, 0.29) is 11.8 Å². The highest BCUT2D eigenvalue weighted by Gasteiger charge is 2.16. The Bertz CT molecular complexity index is 713. The Hall–Kier alpha value is -1.16. The summed E-state index contributed by atoms with van der Waals surface area (Å²) in [6, 6.07) is 6.11. The molecule has 1 N–H and O–H groups in total. The molecule has 0 heterocycles. The SMILES string of the molecule is CCOC(=O)CCCCCCN(CCCC(O)CSc1ccc(F)cc1)S(C)(=O)=O. The van der Waals surface area contributed by atoms with Gasteiger partial charge >= 0.3 is 5.97 Å². The van der Waals surface area contributed by atoms with E-state index in [0.29, 0.717) is 44.7 Å². The van der Waals surface area contributed by atoms with Gasteiger partial charge in [0.05, 0.1) is 19.0 Å². The van der Waals surface area contributed by atoms with Crippen LogP contribution in [0.1, 0.15) is 51.9 Å². The molecule has 0 saturated carbocycles. The quantitative estimate of drug-likeness (QED) is 0.228. The number of benzene rings is 1. The van der Waals surface area contributed by atoms with E-state index in [1.165, 1.54) is 34.5 Å². The van der Waals surface area contributed by atoms with Crippen LogP contribution in [0.4, 0.5) is 4.39 Å². The van der Waals surface area contributed by atoms with E-state index in [4.69, 9.17) is 4.74 Å². The summed E-state index contributed by atoms with van der Waals surface area (Å²) in [6.45, 7) is 2.99. The summed E-state index contributed by atoms with van der Waals surface area (Å²) >= 11 is 1.45. The van der Waals surface area contributed by atoms with Crippen LogP contribution in [0.3, 0.4) is 0 Å². The second-order valence-corrected chi connectivity index (χ2v) is 10.3. The molecule has 1 aromatic carbocycles. The van der Waals surface area contributed by atoms with Crippen LogP contribution in [0.15, 0.2) is 29.2 Å². The Morgan fingerprint density at radius 3 is 2.40 bits per heavy atom. The maximum atomic E-state index is 12.9. The molecule has 0 fully saturated rings. The number of rotatable bonds is 16.